The molecule has 2 N–H and O–H groups in total. The SMILES string of the molecule is O=C1CCC(N2C(=O)c3ccc(N4CCC(C5CCCN5)C4)cc3C2=O)C(=O)N1. The number of hydrogen-bond donors (Lipinski definition) is 2. The molecule has 4 heterocycles. The molecule has 4 aliphatic heterocycles. The Balaban J connectivity index is 1.36. The molecule has 1 aromatic rings. The van der Waals surface area contributed by atoms with Gasteiger partial charge >= 0.3 is 0 Å². The Morgan fingerprint density at radius 3 is 2.55 bits per heavy atom. The monoisotopic (exact) mass is 396 g/mol. The van der Waals surface area contributed by atoms with Crippen molar-refractivity contribution in [1.82, 2.24) is 15.5 Å². The lowest BCUT2D eigenvalue weighted by Crippen LogP contribution is -2.54. The third kappa shape index (κ3) is 3.02. The summed E-state index contributed by atoms with van der Waals surface area (Å²) in [4.78, 5) is 52.7. The maximum atomic E-state index is 13.0. The quantitative estimate of drug-likeness (QED) is 0.729. The molecule has 0 spiro atoms. The molecule has 0 saturated carbocycles. The van der Waals surface area contributed by atoms with Gasteiger partial charge in [0.25, 0.3) is 11.8 Å². The van der Waals surface area contributed by atoms with E-state index in [1.807, 2.05) is 6.07 Å². The van der Waals surface area contributed by atoms with E-state index in [0.29, 0.717) is 23.1 Å². The van der Waals surface area contributed by atoms with Gasteiger partial charge in [-0.25, -0.2) is 0 Å². The third-order valence-electron chi connectivity index (χ3n) is 6.68. The van der Waals surface area contributed by atoms with Gasteiger partial charge in [0.2, 0.25) is 11.8 Å². The van der Waals surface area contributed by atoms with Gasteiger partial charge in [-0.2, -0.15) is 0 Å². The Kier molecular flexibility index (Phi) is 4.38. The molecule has 0 aliphatic carbocycles. The molecule has 3 fully saturated rings. The lowest BCUT2D eigenvalue weighted by atomic mass is 9.98. The van der Waals surface area contributed by atoms with E-state index in [0.717, 1.165) is 36.6 Å². The Hall–Kier alpha value is -2.74. The van der Waals surface area contributed by atoms with Crippen molar-refractivity contribution in [1.29, 1.82) is 0 Å². The van der Waals surface area contributed by atoms with Crippen LogP contribution in [0.5, 0.6) is 0 Å². The van der Waals surface area contributed by atoms with Crippen molar-refractivity contribution in [3.8, 4) is 0 Å². The van der Waals surface area contributed by atoms with Gasteiger partial charge in [-0.3, -0.25) is 29.4 Å². The number of carbonyl (C=O) groups is 4. The van der Waals surface area contributed by atoms with Crippen molar-refractivity contribution in [2.24, 2.45) is 5.92 Å². The van der Waals surface area contributed by atoms with Gasteiger partial charge in [0.1, 0.15) is 6.04 Å². The van der Waals surface area contributed by atoms with E-state index in [2.05, 4.69) is 15.5 Å². The summed E-state index contributed by atoms with van der Waals surface area (Å²) in [6.07, 6.45) is 3.86. The molecule has 5 rings (SSSR count). The van der Waals surface area contributed by atoms with Gasteiger partial charge in [-0.05, 0) is 56.3 Å². The van der Waals surface area contributed by atoms with Gasteiger partial charge < -0.3 is 10.2 Å². The summed E-state index contributed by atoms with van der Waals surface area (Å²) in [5.74, 6) is -1.26. The van der Waals surface area contributed by atoms with E-state index in [-0.39, 0.29) is 18.7 Å². The first kappa shape index (κ1) is 18.3. The summed E-state index contributed by atoms with van der Waals surface area (Å²) in [5.41, 5.74) is 1.62. The van der Waals surface area contributed by atoms with Crippen molar-refractivity contribution in [2.45, 2.75) is 44.2 Å². The van der Waals surface area contributed by atoms with Crippen LogP contribution in [0.15, 0.2) is 18.2 Å². The fourth-order valence-corrected chi connectivity index (χ4v) is 5.12. The van der Waals surface area contributed by atoms with E-state index >= 15 is 0 Å². The second-order valence-corrected chi connectivity index (χ2v) is 8.37. The Morgan fingerprint density at radius 2 is 1.79 bits per heavy atom. The highest BCUT2D eigenvalue weighted by atomic mass is 16.2. The minimum atomic E-state index is -0.923. The zero-order chi connectivity index (χ0) is 20.1. The first-order valence-electron chi connectivity index (χ1n) is 10.4. The number of anilines is 1. The number of imide groups is 2. The van der Waals surface area contributed by atoms with Crippen molar-refractivity contribution < 1.29 is 19.2 Å². The summed E-state index contributed by atoms with van der Waals surface area (Å²) in [7, 11) is 0. The molecule has 4 aliphatic rings. The molecule has 3 atom stereocenters. The van der Waals surface area contributed by atoms with E-state index in [1.54, 1.807) is 12.1 Å². The summed E-state index contributed by atoms with van der Waals surface area (Å²) in [6.45, 7) is 2.96. The zero-order valence-corrected chi connectivity index (χ0v) is 16.1. The van der Waals surface area contributed by atoms with Gasteiger partial charge in [0.05, 0.1) is 11.1 Å². The number of fused-ring (bicyclic) bond motifs is 1. The number of amides is 4. The normalized spacial score (nSPS) is 29.6. The molecule has 0 radical (unpaired) electrons. The van der Waals surface area contributed by atoms with Gasteiger partial charge in [0, 0.05) is 31.2 Å². The van der Waals surface area contributed by atoms with Crippen LogP contribution in [0, 0.1) is 5.92 Å². The van der Waals surface area contributed by atoms with Crippen LogP contribution in [0.4, 0.5) is 5.69 Å². The lowest BCUT2D eigenvalue weighted by molar-refractivity contribution is -0.136. The minimum absolute atomic E-state index is 0.124. The average Bonchev–Trinajstić information content (AvgIpc) is 3.44. The van der Waals surface area contributed by atoms with Crippen molar-refractivity contribution in [3.05, 3.63) is 29.3 Å². The first-order valence-corrected chi connectivity index (χ1v) is 10.4. The maximum absolute atomic E-state index is 13.0. The van der Waals surface area contributed by atoms with Crippen molar-refractivity contribution >= 4 is 29.3 Å². The van der Waals surface area contributed by atoms with Crippen LogP contribution in [-0.2, 0) is 9.59 Å². The highest BCUT2D eigenvalue weighted by Gasteiger charge is 2.45. The summed E-state index contributed by atoms with van der Waals surface area (Å²) >= 11 is 0. The maximum Gasteiger partial charge on any atom is 0.262 e. The van der Waals surface area contributed by atoms with Gasteiger partial charge in [-0.1, -0.05) is 0 Å². The number of rotatable bonds is 3. The van der Waals surface area contributed by atoms with Crippen LogP contribution < -0.4 is 15.5 Å². The minimum Gasteiger partial charge on any atom is -0.371 e. The van der Waals surface area contributed by atoms with Gasteiger partial charge in [0.15, 0.2) is 0 Å². The van der Waals surface area contributed by atoms with Crippen molar-refractivity contribution in [2.75, 3.05) is 24.5 Å². The topological polar surface area (TPSA) is 98.8 Å². The van der Waals surface area contributed by atoms with Gasteiger partial charge in [-0.15, -0.1) is 0 Å². The number of piperidine rings is 1. The van der Waals surface area contributed by atoms with E-state index in [1.165, 1.54) is 12.8 Å². The second-order valence-electron chi connectivity index (χ2n) is 8.37. The fourth-order valence-electron chi connectivity index (χ4n) is 5.12. The second kappa shape index (κ2) is 6.95. The molecule has 0 aromatic heterocycles. The molecular formula is C21H24N4O4. The van der Waals surface area contributed by atoms with E-state index in [9.17, 15) is 19.2 Å². The van der Waals surface area contributed by atoms with Crippen LogP contribution in [0.3, 0.4) is 0 Å². The molecule has 0 bridgehead atoms. The number of hydrogen-bond acceptors (Lipinski definition) is 6. The Morgan fingerprint density at radius 1 is 0.966 bits per heavy atom. The Labute approximate surface area is 168 Å². The predicted molar refractivity (Wildman–Crippen MR) is 104 cm³/mol. The molecule has 152 valence electrons. The zero-order valence-electron chi connectivity index (χ0n) is 16.1. The van der Waals surface area contributed by atoms with E-state index < -0.39 is 23.8 Å². The highest BCUT2D eigenvalue weighted by Crippen LogP contribution is 2.33. The van der Waals surface area contributed by atoms with Crippen LogP contribution in [0.25, 0.3) is 0 Å². The molecule has 8 heteroatoms. The summed E-state index contributed by atoms with van der Waals surface area (Å²) in [5, 5.41) is 5.80. The highest BCUT2D eigenvalue weighted by molar-refractivity contribution is 6.23. The summed E-state index contributed by atoms with van der Waals surface area (Å²) < 4.78 is 0. The number of nitrogens with one attached hydrogen (secondary N) is 2. The molecule has 8 nitrogen and oxygen atoms in total. The van der Waals surface area contributed by atoms with Crippen LogP contribution in [-0.4, -0.2) is 60.2 Å². The van der Waals surface area contributed by atoms with Crippen LogP contribution >= 0.6 is 0 Å². The fraction of sp³-hybridized carbons (Fsp3) is 0.524. The molecular weight excluding hydrogens is 372 g/mol. The largest absolute Gasteiger partial charge is 0.371 e. The average molecular weight is 396 g/mol. The first-order chi connectivity index (χ1) is 14.0. The Bertz CT molecular complexity index is 908. The third-order valence-corrected chi connectivity index (χ3v) is 6.68. The van der Waals surface area contributed by atoms with Crippen LogP contribution in [0.1, 0.15) is 52.8 Å². The molecule has 4 amide bonds. The standard InChI is InChI=1S/C21H24N4O4/c26-18-6-5-17(19(27)23-18)25-20(28)14-4-3-13(10-15(14)21(25)29)24-9-7-12(11-24)16-2-1-8-22-16/h3-4,10,12,16-17,22H,1-2,5-9,11H2,(H,23,26,27). The van der Waals surface area contributed by atoms with Crippen LogP contribution in [0.2, 0.25) is 0 Å². The van der Waals surface area contributed by atoms with E-state index in [4.69, 9.17) is 0 Å². The number of nitrogens with zero attached hydrogens (tertiary/aromatic N) is 2. The molecule has 3 saturated heterocycles. The number of carbonyl (C=O) groups excluding carboxylic acids is 4. The summed E-state index contributed by atoms with van der Waals surface area (Å²) in [6, 6.07) is 5.01. The smallest absolute Gasteiger partial charge is 0.262 e. The lowest BCUT2D eigenvalue weighted by Gasteiger charge is -2.27. The molecule has 29 heavy (non-hydrogen) atoms. The number of benzene rings is 1. The molecule has 3 unspecified atom stereocenters. The predicted octanol–water partition coefficient (Wildman–Crippen LogP) is 0.666. The molecule has 1 aromatic carbocycles. The van der Waals surface area contributed by atoms with Crippen molar-refractivity contribution in [3.63, 3.8) is 0 Å².